The molecule has 0 radical (unpaired) electrons. The number of carbonyl (C=O) groups excluding carboxylic acids is 1. The number of hydrogen-bond donors (Lipinski definition) is 0. The Balaban J connectivity index is 1.85. The van der Waals surface area contributed by atoms with Crippen LogP contribution in [0.3, 0.4) is 0 Å². The minimum Gasteiger partial charge on any atom is -0.469 e. The van der Waals surface area contributed by atoms with E-state index in [1.54, 1.807) is 17.1 Å². The van der Waals surface area contributed by atoms with E-state index in [4.69, 9.17) is 16.3 Å². The van der Waals surface area contributed by atoms with Crippen LogP contribution in [-0.4, -0.2) is 32.8 Å². The molecule has 1 saturated carbocycles. The topological polar surface area (TPSA) is 69.9 Å². The first-order chi connectivity index (χ1) is 9.69. The molecule has 0 unspecified atom stereocenters. The van der Waals surface area contributed by atoms with Crippen molar-refractivity contribution < 1.29 is 9.53 Å². The molecule has 2 aromatic heterocycles. The molecule has 0 aliphatic heterocycles. The van der Waals surface area contributed by atoms with Crippen molar-refractivity contribution in [1.29, 1.82) is 0 Å². The van der Waals surface area contributed by atoms with Gasteiger partial charge in [-0.1, -0.05) is 6.42 Å². The van der Waals surface area contributed by atoms with Crippen molar-refractivity contribution in [3.63, 3.8) is 0 Å². The highest BCUT2D eigenvalue weighted by atomic mass is 35.5. The molecule has 0 aromatic carbocycles. The van der Waals surface area contributed by atoms with E-state index in [0.717, 1.165) is 24.6 Å². The Hall–Kier alpha value is -1.69. The summed E-state index contributed by atoms with van der Waals surface area (Å²) in [6.07, 6.45) is 6.29. The molecular weight excluding hydrogens is 280 g/mol. The summed E-state index contributed by atoms with van der Waals surface area (Å²) in [7, 11) is 1.44. The smallest absolute Gasteiger partial charge is 0.309 e. The van der Waals surface area contributed by atoms with Crippen molar-refractivity contribution in [2.24, 2.45) is 11.8 Å². The molecule has 3 rings (SSSR count). The second-order valence-corrected chi connectivity index (χ2v) is 5.40. The standard InChI is InChI=1S/C13H15ClN4O2/c1-20-12(19)10-4-2-3-8(10)7-18-11-9(6-16-18)5-15-13(14)17-11/h5-6,8,10H,2-4,7H2,1H3/t8-,10+/m1/s1. The molecule has 7 heteroatoms. The molecular formula is C13H15ClN4O2. The molecule has 6 nitrogen and oxygen atoms in total. The summed E-state index contributed by atoms with van der Waals surface area (Å²) in [4.78, 5) is 19.9. The first-order valence-electron chi connectivity index (χ1n) is 6.61. The molecule has 1 aliphatic carbocycles. The van der Waals surface area contributed by atoms with Crippen molar-refractivity contribution in [3.8, 4) is 0 Å². The van der Waals surface area contributed by atoms with Crippen LogP contribution in [0, 0.1) is 11.8 Å². The molecule has 1 aliphatic rings. The maximum Gasteiger partial charge on any atom is 0.309 e. The molecule has 2 atom stereocenters. The SMILES string of the molecule is COC(=O)[C@H]1CCC[C@@H]1Cn1ncc2cnc(Cl)nc21. The van der Waals surface area contributed by atoms with Crippen LogP contribution in [0.15, 0.2) is 12.4 Å². The summed E-state index contributed by atoms with van der Waals surface area (Å²) in [5, 5.41) is 5.38. The number of aromatic nitrogens is 4. The Morgan fingerprint density at radius 3 is 3.15 bits per heavy atom. The number of esters is 1. The van der Waals surface area contributed by atoms with Crippen LogP contribution in [0.2, 0.25) is 5.28 Å². The number of ether oxygens (including phenoxy) is 1. The first-order valence-corrected chi connectivity index (χ1v) is 6.98. The fourth-order valence-corrected chi connectivity index (χ4v) is 3.05. The van der Waals surface area contributed by atoms with Crippen LogP contribution < -0.4 is 0 Å². The van der Waals surface area contributed by atoms with Crippen molar-refractivity contribution in [2.75, 3.05) is 7.11 Å². The van der Waals surface area contributed by atoms with Gasteiger partial charge in [-0.3, -0.25) is 4.79 Å². The second-order valence-electron chi connectivity index (χ2n) is 5.07. The molecule has 0 spiro atoms. The van der Waals surface area contributed by atoms with Gasteiger partial charge < -0.3 is 4.74 Å². The minimum atomic E-state index is -0.128. The predicted octanol–water partition coefficient (Wildman–Crippen LogP) is 2.07. The van der Waals surface area contributed by atoms with Gasteiger partial charge in [-0.25, -0.2) is 9.67 Å². The lowest BCUT2D eigenvalue weighted by Gasteiger charge is -2.17. The molecule has 0 amide bonds. The van der Waals surface area contributed by atoms with E-state index in [9.17, 15) is 4.79 Å². The molecule has 2 heterocycles. The zero-order chi connectivity index (χ0) is 14.1. The van der Waals surface area contributed by atoms with E-state index in [1.807, 2.05) is 0 Å². The fraction of sp³-hybridized carbons (Fsp3) is 0.538. The quantitative estimate of drug-likeness (QED) is 0.640. The highest BCUT2D eigenvalue weighted by molar-refractivity contribution is 6.28. The average molecular weight is 295 g/mol. The molecule has 0 bridgehead atoms. The van der Waals surface area contributed by atoms with Gasteiger partial charge in [0.25, 0.3) is 0 Å². The van der Waals surface area contributed by atoms with Crippen LogP contribution in [0.5, 0.6) is 0 Å². The van der Waals surface area contributed by atoms with Crippen molar-refractivity contribution in [2.45, 2.75) is 25.8 Å². The molecule has 0 saturated heterocycles. The summed E-state index contributed by atoms with van der Waals surface area (Å²) < 4.78 is 6.68. The van der Waals surface area contributed by atoms with Crippen LogP contribution >= 0.6 is 11.6 Å². The van der Waals surface area contributed by atoms with Crippen LogP contribution in [0.25, 0.3) is 11.0 Å². The number of rotatable bonds is 3. The largest absolute Gasteiger partial charge is 0.469 e. The van der Waals surface area contributed by atoms with Gasteiger partial charge in [0.1, 0.15) is 0 Å². The third kappa shape index (κ3) is 2.35. The second kappa shape index (κ2) is 5.36. The lowest BCUT2D eigenvalue weighted by molar-refractivity contribution is -0.146. The molecule has 0 N–H and O–H groups in total. The predicted molar refractivity (Wildman–Crippen MR) is 73.2 cm³/mol. The van der Waals surface area contributed by atoms with Gasteiger partial charge in [0.05, 0.1) is 24.6 Å². The lowest BCUT2D eigenvalue weighted by atomic mass is 9.96. The zero-order valence-corrected chi connectivity index (χ0v) is 11.9. The highest BCUT2D eigenvalue weighted by Gasteiger charge is 2.34. The van der Waals surface area contributed by atoms with Gasteiger partial charge in [0.15, 0.2) is 5.65 Å². The number of hydrogen-bond acceptors (Lipinski definition) is 5. The van der Waals surface area contributed by atoms with E-state index < -0.39 is 0 Å². The Kier molecular flexibility index (Phi) is 3.56. The third-order valence-electron chi connectivity index (χ3n) is 3.92. The van der Waals surface area contributed by atoms with Crippen molar-refractivity contribution in [1.82, 2.24) is 19.7 Å². The lowest BCUT2D eigenvalue weighted by Crippen LogP contribution is -2.24. The monoisotopic (exact) mass is 294 g/mol. The minimum absolute atomic E-state index is 0.0449. The molecule has 106 valence electrons. The molecule has 1 fully saturated rings. The van der Waals surface area contributed by atoms with Gasteiger partial charge in [0, 0.05) is 12.7 Å². The fourth-order valence-electron chi connectivity index (χ4n) is 2.92. The van der Waals surface area contributed by atoms with E-state index in [2.05, 4.69) is 15.1 Å². The maximum atomic E-state index is 11.8. The number of methoxy groups -OCH3 is 1. The summed E-state index contributed by atoms with van der Waals surface area (Å²) in [6, 6.07) is 0. The first kappa shape index (κ1) is 13.3. The van der Waals surface area contributed by atoms with Crippen LogP contribution in [0.4, 0.5) is 0 Å². The summed E-state index contributed by atoms with van der Waals surface area (Å²) >= 11 is 5.83. The van der Waals surface area contributed by atoms with E-state index in [-0.39, 0.29) is 23.1 Å². The van der Waals surface area contributed by atoms with E-state index in [1.165, 1.54) is 7.11 Å². The Bertz CT molecular complexity index is 642. The average Bonchev–Trinajstić information content (AvgIpc) is 3.06. The van der Waals surface area contributed by atoms with Crippen molar-refractivity contribution in [3.05, 3.63) is 17.7 Å². The third-order valence-corrected chi connectivity index (χ3v) is 4.10. The van der Waals surface area contributed by atoms with Gasteiger partial charge in [-0.05, 0) is 30.4 Å². The van der Waals surface area contributed by atoms with Crippen molar-refractivity contribution >= 4 is 28.6 Å². The van der Waals surface area contributed by atoms with Gasteiger partial charge in [0.2, 0.25) is 5.28 Å². The number of fused-ring (bicyclic) bond motifs is 1. The number of nitrogens with zero attached hydrogens (tertiary/aromatic N) is 4. The maximum absolute atomic E-state index is 11.8. The normalized spacial score (nSPS) is 22.3. The summed E-state index contributed by atoms with van der Waals surface area (Å²) in [5.41, 5.74) is 0.709. The van der Waals surface area contributed by atoms with Gasteiger partial charge >= 0.3 is 5.97 Å². The Morgan fingerprint density at radius 1 is 1.50 bits per heavy atom. The molecule has 20 heavy (non-hydrogen) atoms. The highest BCUT2D eigenvalue weighted by Crippen LogP contribution is 2.34. The van der Waals surface area contributed by atoms with Gasteiger partial charge in [-0.2, -0.15) is 10.1 Å². The van der Waals surface area contributed by atoms with E-state index >= 15 is 0 Å². The van der Waals surface area contributed by atoms with Crippen LogP contribution in [0.1, 0.15) is 19.3 Å². The summed E-state index contributed by atoms with van der Waals surface area (Å²) in [5.74, 6) is 0.0625. The van der Waals surface area contributed by atoms with E-state index in [0.29, 0.717) is 12.2 Å². The Labute approximate surface area is 121 Å². The van der Waals surface area contributed by atoms with Gasteiger partial charge in [-0.15, -0.1) is 0 Å². The zero-order valence-electron chi connectivity index (χ0n) is 11.1. The Morgan fingerprint density at radius 2 is 2.35 bits per heavy atom. The summed E-state index contributed by atoms with van der Waals surface area (Å²) in [6.45, 7) is 0.649. The van der Waals surface area contributed by atoms with Crippen LogP contribution in [-0.2, 0) is 16.1 Å². The molecule has 2 aromatic rings. The number of carbonyl (C=O) groups is 1. The number of halogens is 1.